The number of likely N-dealkylation sites (tertiary alicyclic amines) is 1. The Morgan fingerprint density at radius 3 is 2.72 bits per heavy atom. The molecule has 9 nitrogen and oxygen atoms in total. The highest BCUT2D eigenvalue weighted by atomic mass is 16.5. The van der Waals surface area contributed by atoms with Crippen molar-refractivity contribution in [3.63, 3.8) is 0 Å². The quantitative estimate of drug-likeness (QED) is 0.663. The molecule has 0 spiro atoms. The largest absolute Gasteiger partial charge is 0.496 e. The van der Waals surface area contributed by atoms with Gasteiger partial charge >= 0.3 is 0 Å². The molecule has 3 aliphatic heterocycles. The summed E-state index contributed by atoms with van der Waals surface area (Å²) < 4.78 is 17.6. The number of benzene rings is 2. The van der Waals surface area contributed by atoms with Crippen LogP contribution in [0.2, 0.25) is 0 Å². The molecule has 2 N–H and O–H groups in total. The fourth-order valence-corrected chi connectivity index (χ4v) is 4.43. The van der Waals surface area contributed by atoms with Gasteiger partial charge in [0.15, 0.2) is 6.61 Å². The van der Waals surface area contributed by atoms with Crippen molar-refractivity contribution in [3.05, 3.63) is 53.1 Å². The van der Waals surface area contributed by atoms with E-state index < -0.39 is 6.04 Å². The van der Waals surface area contributed by atoms with Gasteiger partial charge in [-0.1, -0.05) is 19.9 Å². The molecule has 3 amide bonds. The normalized spacial score (nSPS) is 20.4. The van der Waals surface area contributed by atoms with E-state index in [0.717, 1.165) is 11.1 Å². The molecule has 0 aromatic heterocycles. The lowest BCUT2D eigenvalue weighted by Gasteiger charge is -2.39. The van der Waals surface area contributed by atoms with Gasteiger partial charge in [0.25, 0.3) is 11.8 Å². The summed E-state index contributed by atoms with van der Waals surface area (Å²) in [5.74, 6) is 0.916. The summed E-state index contributed by atoms with van der Waals surface area (Å²) in [5.41, 5.74) is 2.00. The Kier molecular flexibility index (Phi) is 7.67. The third kappa shape index (κ3) is 5.72. The number of piperidine rings is 1. The number of nitrogens with zero attached hydrogens (tertiary/aromatic N) is 1. The predicted octanol–water partition coefficient (Wildman–Crippen LogP) is 2.45. The van der Waals surface area contributed by atoms with Crippen molar-refractivity contribution in [3.8, 4) is 17.2 Å². The fourth-order valence-electron chi connectivity index (χ4n) is 4.43. The van der Waals surface area contributed by atoms with Crippen LogP contribution in [0.1, 0.15) is 41.8 Å². The van der Waals surface area contributed by atoms with Crippen LogP contribution in [0, 0.1) is 12.8 Å². The molecule has 0 saturated carbocycles. The Bertz CT molecular complexity index is 1150. The maximum atomic E-state index is 13.3. The smallest absolute Gasteiger partial charge is 0.258 e. The molecule has 1 saturated heterocycles. The number of fused-ring (bicyclic) bond motifs is 7. The Labute approximate surface area is 211 Å². The lowest BCUT2D eigenvalue weighted by molar-refractivity contribution is -0.137. The van der Waals surface area contributed by atoms with Crippen molar-refractivity contribution >= 4 is 17.7 Å². The molecule has 2 aromatic carbocycles. The van der Waals surface area contributed by atoms with Crippen LogP contribution in [0.25, 0.3) is 0 Å². The average Bonchev–Trinajstić information content (AvgIpc) is 2.87. The summed E-state index contributed by atoms with van der Waals surface area (Å²) >= 11 is 0. The average molecular weight is 496 g/mol. The van der Waals surface area contributed by atoms with Crippen LogP contribution >= 0.6 is 0 Å². The van der Waals surface area contributed by atoms with E-state index in [0.29, 0.717) is 42.3 Å². The van der Waals surface area contributed by atoms with E-state index in [1.54, 1.807) is 36.3 Å². The molecular weight excluding hydrogens is 462 g/mol. The second-order valence-corrected chi connectivity index (χ2v) is 9.48. The number of methoxy groups -OCH3 is 1. The van der Waals surface area contributed by atoms with E-state index in [1.807, 2.05) is 32.9 Å². The molecule has 36 heavy (non-hydrogen) atoms. The van der Waals surface area contributed by atoms with Gasteiger partial charge in [-0.25, -0.2) is 0 Å². The van der Waals surface area contributed by atoms with Crippen molar-refractivity contribution in [1.82, 2.24) is 15.5 Å². The van der Waals surface area contributed by atoms with Crippen molar-refractivity contribution in [2.45, 2.75) is 45.9 Å². The highest BCUT2D eigenvalue weighted by Gasteiger charge is 2.35. The minimum atomic E-state index is -0.427. The standard InChI is InChI=1S/C27H33N3O6/c1-16(2)27(33)30-10-9-22-21(14-30)29-26(32)18-6-5-17(3)23(11-18)35-15-25(31)28-13-19-7-8-20(36-22)12-24(19)34-4/h5-8,11-12,16,21-22H,9-10,13-15H2,1-4H3,(H,28,31)(H,29,32)/t21-,22+/m0/s1. The Morgan fingerprint density at radius 1 is 1.17 bits per heavy atom. The summed E-state index contributed by atoms with van der Waals surface area (Å²) in [6, 6.07) is 10.1. The van der Waals surface area contributed by atoms with Gasteiger partial charge in [-0.3, -0.25) is 14.4 Å². The molecule has 9 heteroatoms. The van der Waals surface area contributed by atoms with Gasteiger partial charge in [0.2, 0.25) is 5.91 Å². The van der Waals surface area contributed by atoms with Crippen molar-refractivity contribution in [2.24, 2.45) is 5.92 Å². The number of carbonyl (C=O) groups is 3. The van der Waals surface area contributed by atoms with Crippen LogP contribution in [-0.2, 0) is 16.1 Å². The lowest BCUT2D eigenvalue weighted by atomic mass is 9.99. The first-order valence-corrected chi connectivity index (χ1v) is 12.2. The van der Waals surface area contributed by atoms with Crippen LogP contribution in [0.4, 0.5) is 0 Å². The summed E-state index contributed by atoms with van der Waals surface area (Å²) in [4.78, 5) is 40.2. The number of nitrogens with one attached hydrogen (secondary N) is 2. The molecule has 2 aromatic rings. The van der Waals surface area contributed by atoms with E-state index in [9.17, 15) is 14.4 Å². The number of ether oxygens (including phenoxy) is 3. The third-order valence-corrected chi connectivity index (χ3v) is 6.50. The van der Waals surface area contributed by atoms with Crippen LogP contribution < -0.4 is 24.8 Å². The zero-order chi connectivity index (χ0) is 25.8. The molecule has 3 heterocycles. The summed E-state index contributed by atoms with van der Waals surface area (Å²) in [7, 11) is 1.56. The minimum absolute atomic E-state index is 0.0419. The number of aryl methyl sites for hydroxylation is 1. The molecule has 3 aliphatic rings. The number of carbonyl (C=O) groups excluding carboxylic acids is 3. The maximum Gasteiger partial charge on any atom is 0.258 e. The SMILES string of the molecule is COc1cc2ccc1CNC(=O)COc1cc(ccc1C)C(=O)N[C@H]1CN(C(=O)C(C)C)CC[C@H]1O2. The van der Waals surface area contributed by atoms with E-state index in [1.165, 1.54) is 0 Å². The molecule has 192 valence electrons. The second kappa shape index (κ2) is 10.9. The molecule has 0 aliphatic carbocycles. The zero-order valence-electron chi connectivity index (χ0n) is 21.1. The Morgan fingerprint density at radius 2 is 1.97 bits per heavy atom. The second-order valence-electron chi connectivity index (χ2n) is 9.48. The highest BCUT2D eigenvalue weighted by Crippen LogP contribution is 2.28. The van der Waals surface area contributed by atoms with Gasteiger partial charge in [0, 0.05) is 49.2 Å². The monoisotopic (exact) mass is 495 g/mol. The molecule has 1 fully saturated rings. The number of hydrogen-bond donors (Lipinski definition) is 2. The lowest BCUT2D eigenvalue weighted by Crippen LogP contribution is -2.58. The summed E-state index contributed by atoms with van der Waals surface area (Å²) in [6.45, 7) is 6.55. The first kappa shape index (κ1) is 25.3. The minimum Gasteiger partial charge on any atom is -0.496 e. The summed E-state index contributed by atoms with van der Waals surface area (Å²) in [6.07, 6.45) is 0.212. The van der Waals surface area contributed by atoms with Gasteiger partial charge in [0.1, 0.15) is 23.4 Å². The maximum absolute atomic E-state index is 13.3. The van der Waals surface area contributed by atoms with Crippen molar-refractivity contribution < 1.29 is 28.6 Å². The van der Waals surface area contributed by atoms with Gasteiger partial charge in [0.05, 0.1) is 13.2 Å². The van der Waals surface area contributed by atoms with Gasteiger partial charge in [-0.05, 0) is 36.8 Å². The highest BCUT2D eigenvalue weighted by molar-refractivity contribution is 5.95. The van der Waals surface area contributed by atoms with E-state index in [2.05, 4.69) is 10.6 Å². The molecule has 2 atom stereocenters. The van der Waals surface area contributed by atoms with Gasteiger partial charge in [-0.2, -0.15) is 0 Å². The third-order valence-electron chi connectivity index (χ3n) is 6.50. The van der Waals surface area contributed by atoms with Crippen LogP contribution in [0.15, 0.2) is 36.4 Å². The first-order chi connectivity index (χ1) is 17.2. The van der Waals surface area contributed by atoms with Crippen LogP contribution in [0.5, 0.6) is 17.2 Å². The summed E-state index contributed by atoms with van der Waals surface area (Å²) in [5, 5.41) is 5.90. The molecule has 5 rings (SSSR count). The molecule has 0 radical (unpaired) electrons. The van der Waals surface area contributed by atoms with Crippen LogP contribution in [-0.4, -0.2) is 61.6 Å². The fraction of sp³-hybridized carbons (Fsp3) is 0.444. The first-order valence-electron chi connectivity index (χ1n) is 12.2. The molecule has 4 bridgehead atoms. The molecule has 0 unspecified atom stereocenters. The van der Waals surface area contributed by atoms with Crippen molar-refractivity contribution in [2.75, 3.05) is 26.8 Å². The Balaban J connectivity index is 1.68. The zero-order valence-corrected chi connectivity index (χ0v) is 21.1. The van der Waals surface area contributed by atoms with E-state index >= 15 is 0 Å². The van der Waals surface area contributed by atoms with Crippen molar-refractivity contribution in [1.29, 1.82) is 0 Å². The predicted molar refractivity (Wildman–Crippen MR) is 133 cm³/mol. The topological polar surface area (TPSA) is 106 Å². The number of rotatable bonds is 2. The molecular formula is C27H33N3O6. The van der Waals surface area contributed by atoms with E-state index in [-0.39, 0.29) is 42.9 Å². The van der Waals surface area contributed by atoms with Gasteiger partial charge < -0.3 is 29.7 Å². The number of amides is 3. The Hall–Kier alpha value is -3.75. The van der Waals surface area contributed by atoms with Crippen LogP contribution in [0.3, 0.4) is 0 Å². The van der Waals surface area contributed by atoms with E-state index in [4.69, 9.17) is 14.2 Å². The van der Waals surface area contributed by atoms with Gasteiger partial charge in [-0.15, -0.1) is 0 Å². The number of hydrogen-bond acceptors (Lipinski definition) is 6.